The highest BCUT2D eigenvalue weighted by Crippen LogP contribution is 2.49. The molecule has 0 bridgehead atoms. The van der Waals surface area contributed by atoms with E-state index < -0.39 is 15.4 Å². The van der Waals surface area contributed by atoms with Crippen molar-refractivity contribution in [1.82, 2.24) is 4.72 Å². The molecule has 1 atom stereocenters. The van der Waals surface area contributed by atoms with E-state index in [0.717, 1.165) is 44.1 Å². The fourth-order valence-corrected chi connectivity index (χ4v) is 5.34. The maximum absolute atomic E-state index is 12.8. The van der Waals surface area contributed by atoms with Gasteiger partial charge in [0.1, 0.15) is 0 Å². The summed E-state index contributed by atoms with van der Waals surface area (Å²) in [5.41, 5.74) is 6.07. The Hall–Kier alpha value is -1.44. The fourth-order valence-electron chi connectivity index (χ4n) is 4.02. The molecule has 6 nitrogen and oxygen atoms in total. The normalized spacial score (nSPS) is 21.2. The molecule has 0 heterocycles. The lowest BCUT2D eigenvalue weighted by Crippen LogP contribution is -2.45. The summed E-state index contributed by atoms with van der Waals surface area (Å²) < 4.78 is 33.2. The summed E-state index contributed by atoms with van der Waals surface area (Å²) in [6.45, 7) is 0.299. The zero-order valence-corrected chi connectivity index (χ0v) is 16.1. The van der Waals surface area contributed by atoms with E-state index in [1.54, 1.807) is 24.3 Å². The number of ether oxygens (including phenoxy) is 1. The first-order valence-corrected chi connectivity index (χ1v) is 10.8. The highest BCUT2D eigenvalue weighted by Gasteiger charge is 2.52. The summed E-state index contributed by atoms with van der Waals surface area (Å²) in [5.74, 6) is 0.0450. The van der Waals surface area contributed by atoms with Crippen molar-refractivity contribution in [3.8, 4) is 0 Å². The minimum atomic E-state index is -3.63. The van der Waals surface area contributed by atoms with Crippen LogP contribution < -0.4 is 10.5 Å². The van der Waals surface area contributed by atoms with Gasteiger partial charge in [0.05, 0.1) is 17.4 Å². The maximum atomic E-state index is 12.8. The van der Waals surface area contributed by atoms with Gasteiger partial charge in [0.2, 0.25) is 10.0 Å². The van der Waals surface area contributed by atoms with Gasteiger partial charge in [-0.3, -0.25) is 4.79 Å². The van der Waals surface area contributed by atoms with Crippen molar-refractivity contribution in [2.45, 2.75) is 61.3 Å². The lowest BCUT2D eigenvalue weighted by atomic mass is 9.84. The van der Waals surface area contributed by atoms with Crippen LogP contribution in [0.4, 0.5) is 0 Å². The number of nitrogens with two attached hydrogens (primary N) is 1. The first kappa shape index (κ1) is 19.3. The molecule has 0 radical (unpaired) electrons. The van der Waals surface area contributed by atoms with Crippen LogP contribution in [0.15, 0.2) is 29.2 Å². The number of carbonyl (C=O) groups excluding carboxylic acids is 1. The van der Waals surface area contributed by atoms with Gasteiger partial charge >= 0.3 is 5.97 Å². The Labute approximate surface area is 155 Å². The van der Waals surface area contributed by atoms with Crippen molar-refractivity contribution in [3.63, 3.8) is 0 Å². The predicted molar refractivity (Wildman–Crippen MR) is 99.1 cm³/mol. The average Bonchev–Trinajstić information content (AvgIpc) is 3.48. The highest BCUT2D eigenvalue weighted by atomic mass is 32.2. The summed E-state index contributed by atoms with van der Waals surface area (Å²) in [6.07, 6.45) is 6.99. The predicted octanol–water partition coefficient (Wildman–Crippen LogP) is 2.08. The van der Waals surface area contributed by atoms with Gasteiger partial charge in [0.15, 0.2) is 0 Å². The molecule has 1 unspecified atom stereocenters. The van der Waals surface area contributed by atoms with Crippen LogP contribution >= 0.6 is 0 Å². The zero-order valence-electron chi connectivity index (χ0n) is 15.2. The molecule has 2 fully saturated rings. The molecule has 3 rings (SSSR count). The monoisotopic (exact) mass is 380 g/mol. The molecule has 2 aliphatic carbocycles. The van der Waals surface area contributed by atoms with Gasteiger partial charge in [-0.15, -0.1) is 0 Å². The zero-order chi connectivity index (χ0) is 18.8. The first-order valence-electron chi connectivity index (χ1n) is 9.34. The van der Waals surface area contributed by atoms with E-state index >= 15 is 0 Å². The minimum Gasteiger partial charge on any atom is -0.468 e. The van der Waals surface area contributed by atoms with E-state index in [4.69, 9.17) is 10.5 Å². The summed E-state index contributed by atoms with van der Waals surface area (Å²) >= 11 is 0. The first-order chi connectivity index (χ1) is 12.4. The van der Waals surface area contributed by atoms with Crippen molar-refractivity contribution in [3.05, 3.63) is 29.8 Å². The summed E-state index contributed by atoms with van der Waals surface area (Å²) in [7, 11) is -2.26. The Bertz CT molecular complexity index is 735. The van der Waals surface area contributed by atoms with Crippen molar-refractivity contribution in [2.24, 2.45) is 11.7 Å². The lowest BCUT2D eigenvalue weighted by molar-refractivity contribution is -0.143. The number of methoxy groups -OCH3 is 1. The van der Waals surface area contributed by atoms with Crippen LogP contribution in [0, 0.1) is 5.92 Å². The van der Waals surface area contributed by atoms with Crippen LogP contribution in [-0.4, -0.2) is 34.1 Å². The Morgan fingerprint density at radius 1 is 1.23 bits per heavy atom. The van der Waals surface area contributed by atoms with Crippen molar-refractivity contribution >= 4 is 16.0 Å². The Kier molecular flexibility index (Phi) is 5.69. The lowest BCUT2D eigenvalue weighted by Gasteiger charge is -2.29. The second kappa shape index (κ2) is 7.66. The molecule has 3 N–H and O–H groups in total. The summed E-state index contributed by atoms with van der Waals surface area (Å²) in [5, 5.41) is 0. The standard InChI is InChI=1S/C19H28N2O4S/c1-25-18(22)19(11-12-19)15-7-9-16(10-8-15)26(23,24)21-17(13-20)14-5-3-2-4-6-14/h7-10,14,17,21H,2-6,11-13,20H2,1H3. The molecule has 2 aliphatic rings. The van der Waals surface area contributed by atoms with Gasteiger partial charge in [0.25, 0.3) is 0 Å². The van der Waals surface area contributed by atoms with E-state index in [1.807, 2.05) is 0 Å². The topological polar surface area (TPSA) is 98.5 Å². The summed E-state index contributed by atoms with van der Waals surface area (Å²) in [6, 6.07) is 6.34. The van der Waals surface area contributed by atoms with E-state index in [0.29, 0.717) is 12.5 Å². The van der Waals surface area contributed by atoms with Crippen LogP contribution in [0.3, 0.4) is 0 Å². The molecule has 1 aromatic rings. The Morgan fingerprint density at radius 3 is 2.35 bits per heavy atom. The van der Waals surface area contributed by atoms with Crippen molar-refractivity contribution in [2.75, 3.05) is 13.7 Å². The van der Waals surface area contributed by atoms with Crippen LogP contribution in [0.1, 0.15) is 50.5 Å². The summed E-state index contributed by atoms with van der Waals surface area (Å²) in [4.78, 5) is 12.2. The number of esters is 1. The van der Waals surface area contributed by atoms with Crippen LogP contribution in [0.2, 0.25) is 0 Å². The van der Waals surface area contributed by atoms with Crippen LogP contribution in [0.25, 0.3) is 0 Å². The number of sulfonamides is 1. The molecule has 26 heavy (non-hydrogen) atoms. The smallest absolute Gasteiger partial charge is 0.316 e. The van der Waals surface area contributed by atoms with Gasteiger partial charge < -0.3 is 10.5 Å². The maximum Gasteiger partial charge on any atom is 0.316 e. The van der Waals surface area contributed by atoms with Gasteiger partial charge in [-0.25, -0.2) is 13.1 Å². The van der Waals surface area contributed by atoms with E-state index in [1.165, 1.54) is 13.5 Å². The Morgan fingerprint density at radius 2 is 1.85 bits per heavy atom. The highest BCUT2D eigenvalue weighted by molar-refractivity contribution is 7.89. The van der Waals surface area contributed by atoms with Gasteiger partial charge in [-0.1, -0.05) is 31.4 Å². The van der Waals surface area contributed by atoms with Gasteiger partial charge in [-0.2, -0.15) is 0 Å². The number of nitrogens with one attached hydrogen (secondary N) is 1. The molecule has 0 aromatic heterocycles. The third-order valence-corrected chi connectivity index (χ3v) is 7.33. The van der Waals surface area contributed by atoms with Gasteiger partial charge in [-0.05, 0) is 49.3 Å². The molecule has 1 aromatic carbocycles. The molecular weight excluding hydrogens is 352 g/mol. The van der Waals surface area contributed by atoms with Crippen molar-refractivity contribution in [1.29, 1.82) is 0 Å². The largest absolute Gasteiger partial charge is 0.468 e. The van der Waals surface area contributed by atoms with E-state index in [2.05, 4.69) is 4.72 Å². The number of hydrogen-bond acceptors (Lipinski definition) is 5. The number of carbonyl (C=O) groups is 1. The van der Waals surface area contributed by atoms with Crippen molar-refractivity contribution < 1.29 is 17.9 Å². The fraction of sp³-hybridized carbons (Fsp3) is 0.632. The van der Waals surface area contributed by atoms with Crippen LogP contribution in [0.5, 0.6) is 0 Å². The number of rotatable bonds is 7. The SMILES string of the molecule is COC(=O)C1(c2ccc(S(=O)(=O)NC(CN)C3CCCCC3)cc2)CC1. The molecule has 144 valence electrons. The average molecular weight is 381 g/mol. The minimum absolute atomic E-state index is 0.205. The molecule has 0 aliphatic heterocycles. The third kappa shape index (κ3) is 3.80. The van der Waals surface area contributed by atoms with E-state index in [9.17, 15) is 13.2 Å². The second-order valence-electron chi connectivity index (χ2n) is 7.46. The molecule has 0 saturated heterocycles. The molecule has 0 spiro atoms. The molecular formula is C19H28N2O4S. The molecule has 0 amide bonds. The Balaban J connectivity index is 1.74. The molecule has 7 heteroatoms. The second-order valence-corrected chi connectivity index (χ2v) is 9.17. The number of benzene rings is 1. The molecule has 2 saturated carbocycles. The van der Waals surface area contributed by atoms with Crippen LogP contribution in [-0.2, 0) is 25.0 Å². The quantitative estimate of drug-likeness (QED) is 0.706. The van der Waals surface area contributed by atoms with E-state index in [-0.39, 0.29) is 16.9 Å². The van der Waals surface area contributed by atoms with Gasteiger partial charge in [0, 0.05) is 12.6 Å². The number of hydrogen-bond donors (Lipinski definition) is 2. The third-order valence-electron chi connectivity index (χ3n) is 5.82.